The zero-order chi connectivity index (χ0) is 16.7. The predicted molar refractivity (Wildman–Crippen MR) is 91.6 cm³/mol. The van der Waals surface area contributed by atoms with E-state index in [1.165, 1.54) is 13.3 Å². The number of phenolic OH excluding ortho intramolecular Hbond substituents is 1. The molecule has 2 aromatic carbocycles. The molecule has 0 aliphatic rings. The van der Waals surface area contributed by atoms with Gasteiger partial charge in [-0.1, -0.05) is 31.2 Å². The van der Waals surface area contributed by atoms with Gasteiger partial charge in [0.2, 0.25) is 5.91 Å². The minimum absolute atomic E-state index is 0.00971. The van der Waals surface area contributed by atoms with Gasteiger partial charge in [0.05, 0.1) is 7.11 Å². The Morgan fingerprint density at radius 2 is 2.04 bits per heavy atom. The Hall–Kier alpha value is -2.82. The number of hydrogen-bond donors (Lipinski definition) is 2. The Morgan fingerprint density at radius 3 is 2.78 bits per heavy atom. The molecule has 23 heavy (non-hydrogen) atoms. The highest BCUT2D eigenvalue weighted by Crippen LogP contribution is 2.27. The number of aliphatic imine (C=N–C) groups is 1. The number of methoxy groups -OCH3 is 1. The summed E-state index contributed by atoms with van der Waals surface area (Å²) in [5, 5.41) is 12.8. The summed E-state index contributed by atoms with van der Waals surface area (Å²) in [6.07, 6.45) is 2.31. The zero-order valence-electron chi connectivity index (χ0n) is 13.2. The molecule has 120 valence electrons. The highest BCUT2D eigenvalue weighted by molar-refractivity contribution is 5.94. The molecule has 0 saturated heterocycles. The van der Waals surface area contributed by atoms with E-state index >= 15 is 0 Å². The second kappa shape index (κ2) is 7.98. The first-order valence-electron chi connectivity index (χ1n) is 7.39. The molecule has 0 radical (unpaired) electrons. The van der Waals surface area contributed by atoms with Gasteiger partial charge in [0.25, 0.3) is 0 Å². The van der Waals surface area contributed by atoms with Crippen LogP contribution in [0.5, 0.6) is 11.5 Å². The third-order valence-electron chi connectivity index (χ3n) is 3.39. The quantitative estimate of drug-likeness (QED) is 0.805. The van der Waals surface area contributed by atoms with Crippen molar-refractivity contribution < 1.29 is 14.6 Å². The molecule has 2 N–H and O–H groups in total. The number of aromatic hydroxyl groups is 1. The molecule has 0 aromatic heterocycles. The molecule has 1 amide bonds. The monoisotopic (exact) mass is 312 g/mol. The van der Waals surface area contributed by atoms with E-state index in [9.17, 15) is 9.90 Å². The fourth-order valence-electron chi connectivity index (χ4n) is 2.18. The molecule has 0 spiro atoms. The summed E-state index contributed by atoms with van der Waals surface area (Å²) in [6.45, 7) is 2.02. The number of rotatable bonds is 6. The number of amides is 1. The van der Waals surface area contributed by atoms with E-state index in [0.29, 0.717) is 11.3 Å². The molecule has 2 aromatic rings. The lowest BCUT2D eigenvalue weighted by molar-refractivity contribution is -0.114. The van der Waals surface area contributed by atoms with Crippen LogP contribution in [-0.4, -0.2) is 30.9 Å². The Kier molecular flexibility index (Phi) is 5.74. The number of aryl methyl sites for hydroxylation is 1. The summed E-state index contributed by atoms with van der Waals surface area (Å²) in [6, 6.07) is 12.8. The molecule has 0 aliphatic carbocycles. The molecule has 0 heterocycles. The number of para-hydroxylation sites is 2. The number of carbonyl (C=O) groups excluding carboxylic acids is 1. The van der Waals surface area contributed by atoms with Gasteiger partial charge in [0, 0.05) is 17.5 Å². The zero-order valence-corrected chi connectivity index (χ0v) is 13.2. The van der Waals surface area contributed by atoms with E-state index in [4.69, 9.17) is 4.74 Å². The number of ether oxygens (including phenoxy) is 1. The van der Waals surface area contributed by atoms with Crippen LogP contribution in [0.2, 0.25) is 0 Å². The molecule has 0 aliphatic heterocycles. The van der Waals surface area contributed by atoms with Crippen LogP contribution in [0.15, 0.2) is 47.5 Å². The van der Waals surface area contributed by atoms with Gasteiger partial charge >= 0.3 is 0 Å². The highest BCUT2D eigenvalue weighted by Gasteiger charge is 2.06. The van der Waals surface area contributed by atoms with Gasteiger partial charge < -0.3 is 15.2 Å². The number of carbonyl (C=O) groups is 1. The molecule has 0 bridgehead atoms. The van der Waals surface area contributed by atoms with Crippen molar-refractivity contribution >= 4 is 17.8 Å². The number of anilines is 1. The summed E-state index contributed by atoms with van der Waals surface area (Å²) >= 11 is 0. The van der Waals surface area contributed by atoms with Gasteiger partial charge in [0.15, 0.2) is 11.5 Å². The highest BCUT2D eigenvalue weighted by atomic mass is 16.5. The van der Waals surface area contributed by atoms with E-state index in [0.717, 1.165) is 17.7 Å². The average Bonchev–Trinajstić information content (AvgIpc) is 2.57. The maximum absolute atomic E-state index is 12.0. The van der Waals surface area contributed by atoms with Crippen LogP contribution in [0.4, 0.5) is 5.69 Å². The minimum Gasteiger partial charge on any atom is -0.504 e. The molecule has 0 saturated carbocycles. The molecule has 2 rings (SSSR count). The van der Waals surface area contributed by atoms with Crippen molar-refractivity contribution in [3.05, 3.63) is 53.6 Å². The van der Waals surface area contributed by atoms with Gasteiger partial charge in [-0.2, -0.15) is 0 Å². The van der Waals surface area contributed by atoms with E-state index in [2.05, 4.69) is 10.3 Å². The van der Waals surface area contributed by atoms with Crippen LogP contribution in [0.25, 0.3) is 0 Å². The number of benzene rings is 2. The maximum atomic E-state index is 12.0. The van der Waals surface area contributed by atoms with Crippen molar-refractivity contribution in [2.24, 2.45) is 4.99 Å². The van der Waals surface area contributed by atoms with Crippen molar-refractivity contribution in [1.29, 1.82) is 0 Å². The average molecular weight is 312 g/mol. The molecular weight excluding hydrogens is 292 g/mol. The van der Waals surface area contributed by atoms with Crippen molar-refractivity contribution in [3.63, 3.8) is 0 Å². The van der Waals surface area contributed by atoms with Crippen LogP contribution >= 0.6 is 0 Å². The van der Waals surface area contributed by atoms with Gasteiger partial charge in [0.1, 0.15) is 6.54 Å². The summed E-state index contributed by atoms with van der Waals surface area (Å²) in [4.78, 5) is 16.0. The van der Waals surface area contributed by atoms with E-state index in [1.807, 2.05) is 31.2 Å². The topological polar surface area (TPSA) is 70.9 Å². The predicted octanol–water partition coefficient (Wildman–Crippen LogP) is 3.02. The van der Waals surface area contributed by atoms with E-state index in [1.54, 1.807) is 18.2 Å². The molecule has 5 nitrogen and oxygen atoms in total. The first-order valence-corrected chi connectivity index (χ1v) is 7.39. The first kappa shape index (κ1) is 16.5. The summed E-state index contributed by atoms with van der Waals surface area (Å²) in [7, 11) is 1.48. The third kappa shape index (κ3) is 4.32. The van der Waals surface area contributed by atoms with Crippen LogP contribution in [-0.2, 0) is 11.2 Å². The van der Waals surface area contributed by atoms with Crippen molar-refractivity contribution in [2.75, 3.05) is 19.0 Å². The molecule has 0 atom stereocenters. The smallest absolute Gasteiger partial charge is 0.246 e. The Labute approximate surface area is 135 Å². The second-order valence-corrected chi connectivity index (χ2v) is 4.93. The van der Waals surface area contributed by atoms with Crippen molar-refractivity contribution in [3.8, 4) is 11.5 Å². The van der Waals surface area contributed by atoms with E-state index < -0.39 is 0 Å². The van der Waals surface area contributed by atoms with Crippen molar-refractivity contribution in [2.45, 2.75) is 13.3 Å². The van der Waals surface area contributed by atoms with Crippen LogP contribution in [0.3, 0.4) is 0 Å². The summed E-state index contributed by atoms with van der Waals surface area (Å²) in [5.41, 5.74) is 2.39. The number of nitrogens with one attached hydrogen (secondary N) is 1. The summed E-state index contributed by atoms with van der Waals surface area (Å²) in [5.74, 6) is 0.176. The first-order chi connectivity index (χ1) is 11.2. The number of nitrogens with zero attached hydrogens (tertiary/aromatic N) is 1. The lowest BCUT2D eigenvalue weighted by Gasteiger charge is -2.08. The molecule has 0 unspecified atom stereocenters. The Bertz CT molecular complexity index is 711. The molecular formula is C18H20N2O3. The Balaban J connectivity index is 1.99. The van der Waals surface area contributed by atoms with Crippen molar-refractivity contribution in [1.82, 2.24) is 0 Å². The SMILES string of the molecule is CCc1ccccc1NC(=O)CN=Cc1cccc(OC)c1O. The second-order valence-electron chi connectivity index (χ2n) is 4.93. The lowest BCUT2D eigenvalue weighted by Crippen LogP contribution is -2.16. The van der Waals surface area contributed by atoms with Gasteiger partial charge in [-0.15, -0.1) is 0 Å². The largest absolute Gasteiger partial charge is 0.504 e. The van der Waals surface area contributed by atoms with Gasteiger partial charge in [-0.25, -0.2) is 0 Å². The number of hydrogen-bond acceptors (Lipinski definition) is 4. The van der Waals surface area contributed by atoms with Crippen LogP contribution in [0.1, 0.15) is 18.1 Å². The fraction of sp³-hybridized carbons (Fsp3) is 0.222. The minimum atomic E-state index is -0.204. The Morgan fingerprint density at radius 1 is 1.26 bits per heavy atom. The van der Waals surface area contributed by atoms with E-state index in [-0.39, 0.29) is 18.2 Å². The van der Waals surface area contributed by atoms with Gasteiger partial charge in [-0.3, -0.25) is 9.79 Å². The summed E-state index contributed by atoms with van der Waals surface area (Å²) < 4.78 is 5.03. The normalized spacial score (nSPS) is 10.7. The third-order valence-corrected chi connectivity index (χ3v) is 3.39. The standard InChI is InChI=1S/C18H20N2O3/c1-3-13-7-4-5-9-15(13)20-17(21)12-19-11-14-8-6-10-16(23-2)18(14)22/h4-11,22H,3,12H2,1-2H3,(H,20,21). The maximum Gasteiger partial charge on any atom is 0.246 e. The van der Waals surface area contributed by atoms with Gasteiger partial charge in [-0.05, 0) is 30.2 Å². The van der Waals surface area contributed by atoms with Crippen LogP contribution in [0, 0.1) is 0 Å². The number of phenols is 1. The fourth-order valence-corrected chi connectivity index (χ4v) is 2.18. The lowest BCUT2D eigenvalue weighted by atomic mass is 10.1. The van der Waals surface area contributed by atoms with Crippen LogP contribution < -0.4 is 10.1 Å². The molecule has 0 fully saturated rings. The molecule has 5 heteroatoms.